The topological polar surface area (TPSA) is 84.9 Å². The molecule has 2 rings (SSSR count). The fourth-order valence-corrected chi connectivity index (χ4v) is 3.54. The Bertz CT molecular complexity index is 728. The lowest BCUT2D eigenvalue weighted by molar-refractivity contribution is -0.121. The van der Waals surface area contributed by atoms with Gasteiger partial charge in [-0.05, 0) is 44.7 Å². The van der Waals surface area contributed by atoms with E-state index in [2.05, 4.69) is 5.32 Å². The third-order valence-electron chi connectivity index (χ3n) is 5.28. The molecule has 1 aromatic rings. The minimum absolute atomic E-state index is 0.0170. The number of esters is 1. The number of carbonyl (C=O) groups is 3. The van der Waals surface area contributed by atoms with Crippen LogP contribution in [-0.4, -0.2) is 53.7 Å². The average Bonchev–Trinajstić information content (AvgIpc) is 2.63. The van der Waals surface area contributed by atoms with E-state index in [4.69, 9.17) is 9.47 Å². The van der Waals surface area contributed by atoms with E-state index >= 15 is 0 Å². The second-order valence-electron chi connectivity index (χ2n) is 8.69. The van der Waals surface area contributed by atoms with E-state index in [1.165, 1.54) is 6.92 Å². The van der Waals surface area contributed by atoms with E-state index in [0.717, 1.165) is 0 Å². The Kier molecular flexibility index (Phi) is 7.27. The number of rotatable bonds is 4. The van der Waals surface area contributed by atoms with Crippen LogP contribution in [0.15, 0.2) is 30.3 Å². The second-order valence-corrected chi connectivity index (χ2v) is 8.69. The van der Waals surface area contributed by atoms with Gasteiger partial charge in [-0.25, -0.2) is 9.59 Å². The minimum atomic E-state index is -0.655. The maximum Gasteiger partial charge on any atom is 0.410 e. The number of nitrogens with zero attached hydrogens (tertiary/aromatic N) is 1. The van der Waals surface area contributed by atoms with Crippen LogP contribution >= 0.6 is 0 Å². The molecule has 2 amide bonds. The third-order valence-corrected chi connectivity index (χ3v) is 5.28. The van der Waals surface area contributed by atoms with E-state index in [0.29, 0.717) is 12.1 Å². The summed E-state index contributed by atoms with van der Waals surface area (Å²) < 4.78 is 11.1. The molecule has 7 heteroatoms. The number of ether oxygens (including phenoxy) is 2. The number of amides is 2. The number of hydrogen-bond acceptors (Lipinski definition) is 5. The van der Waals surface area contributed by atoms with Crippen LogP contribution in [0.3, 0.4) is 0 Å². The summed E-state index contributed by atoms with van der Waals surface area (Å²) in [6.45, 7) is 11.3. The molecular weight excluding hydrogens is 372 g/mol. The summed E-state index contributed by atoms with van der Waals surface area (Å²) in [6.07, 6.45) is -0.479. The summed E-state index contributed by atoms with van der Waals surface area (Å²) in [4.78, 5) is 38.4. The molecule has 0 bridgehead atoms. The summed E-state index contributed by atoms with van der Waals surface area (Å²) in [6, 6.07) is 8.20. The van der Waals surface area contributed by atoms with Crippen molar-refractivity contribution in [3.63, 3.8) is 0 Å². The van der Waals surface area contributed by atoms with E-state index in [9.17, 15) is 14.4 Å². The second kappa shape index (κ2) is 9.29. The molecular formula is C22H32N2O5. The van der Waals surface area contributed by atoms with Crippen LogP contribution in [0.4, 0.5) is 4.79 Å². The highest BCUT2D eigenvalue weighted by Gasteiger charge is 2.43. The van der Waals surface area contributed by atoms with Crippen molar-refractivity contribution in [2.24, 2.45) is 11.8 Å². The van der Waals surface area contributed by atoms with Gasteiger partial charge >= 0.3 is 12.1 Å². The number of benzene rings is 1. The normalized spacial score (nSPS) is 24.6. The molecule has 0 aromatic heterocycles. The monoisotopic (exact) mass is 404 g/mol. The Hall–Kier alpha value is -2.57. The predicted molar refractivity (Wildman–Crippen MR) is 109 cm³/mol. The van der Waals surface area contributed by atoms with Crippen molar-refractivity contribution in [2.45, 2.75) is 59.2 Å². The lowest BCUT2D eigenvalue weighted by Crippen LogP contribution is -2.62. The van der Waals surface area contributed by atoms with E-state index < -0.39 is 17.7 Å². The maximum absolute atomic E-state index is 12.9. The molecule has 0 radical (unpaired) electrons. The smallest absolute Gasteiger partial charge is 0.410 e. The quantitative estimate of drug-likeness (QED) is 0.779. The van der Waals surface area contributed by atoms with Gasteiger partial charge in [0.1, 0.15) is 12.2 Å². The van der Waals surface area contributed by atoms with Gasteiger partial charge in [0.05, 0.1) is 11.6 Å². The summed E-state index contributed by atoms with van der Waals surface area (Å²) >= 11 is 0. The Morgan fingerprint density at radius 2 is 1.72 bits per heavy atom. The molecule has 0 spiro atoms. The number of likely N-dealkylation sites (tertiary alicyclic amines) is 1. The molecule has 1 fully saturated rings. The highest BCUT2D eigenvalue weighted by atomic mass is 16.6. The lowest BCUT2D eigenvalue weighted by atomic mass is 9.79. The molecule has 160 valence electrons. The summed E-state index contributed by atoms with van der Waals surface area (Å²) in [7, 11) is 0. The molecule has 1 heterocycles. The molecule has 1 aliphatic rings. The van der Waals surface area contributed by atoms with Gasteiger partial charge in [-0.1, -0.05) is 32.0 Å². The first-order valence-corrected chi connectivity index (χ1v) is 9.98. The first kappa shape index (κ1) is 22.7. The molecule has 1 aromatic carbocycles. The lowest BCUT2D eigenvalue weighted by Gasteiger charge is -2.47. The molecule has 1 aliphatic heterocycles. The number of carbonyl (C=O) groups excluding carboxylic acids is 3. The van der Waals surface area contributed by atoms with Crippen LogP contribution in [0.5, 0.6) is 0 Å². The zero-order valence-electron chi connectivity index (χ0n) is 18.1. The zero-order valence-corrected chi connectivity index (χ0v) is 18.1. The Labute approximate surface area is 172 Å². The van der Waals surface area contributed by atoms with Gasteiger partial charge in [0, 0.05) is 19.5 Å². The van der Waals surface area contributed by atoms with Crippen molar-refractivity contribution in [3.8, 4) is 0 Å². The van der Waals surface area contributed by atoms with Crippen LogP contribution in [0.25, 0.3) is 0 Å². The van der Waals surface area contributed by atoms with Crippen LogP contribution < -0.4 is 5.32 Å². The first-order chi connectivity index (χ1) is 13.5. The fraction of sp³-hybridized carbons (Fsp3) is 0.591. The van der Waals surface area contributed by atoms with Gasteiger partial charge in [0.25, 0.3) is 0 Å². The van der Waals surface area contributed by atoms with Crippen molar-refractivity contribution in [1.82, 2.24) is 10.2 Å². The third kappa shape index (κ3) is 6.21. The molecule has 1 N–H and O–H groups in total. The van der Waals surface area contributed by atoms with Crippen molar-refractivity contribution in [3.05, 3.63) is 35.9 Å². The van der Waals surface area contributed by atoms with Gasteiger partial charge in [-0.3, -0.25) is 9.69 Å². The number of piperidine rings is 1. The predicted octanol–water partition coefficient (Wildman–Crippen LogP) is 3.24. The molecule has 7 nitrogen and oxygen atoms in total. The van der Waals surface area contributed by atoms with Crippen LogP contribution in [0.2, 0.25) is 0 Å². The Morgan fingerprint density at radius 1 is 1.10 bits per heavy atom. The van der Waals surface area contributed by atoms with Gasteiger partial charge in [-0.15, -0.1) is 0 Å². The van der Waals surface area contributed by atoms with Crippen molar-refractivity contribution < 1.29 is 23.9 Å². The van der Waals surface area contributed by atoms with E-state index in [1.54, 1.807) is 49.9 Å². The molecule has 4 atom stereocenters. The molecule has 1 saturated heterocycles. The van der Waals surface area contributed by atoms with Crippen molar-refractivity contribution >= 4 is 18.0 Å². The van der Waals surface area contributed by atoms with E-state index in [1.807, 2.05) is 19.9 Å². The highest BCUT2D eigenvalue weighted by Crippen LogP contribution is 2.31. The van der Waals surface area contributed by atoms with E-state index in [-0.39, 0.29) is 36.4 Å². The van der Waals surface area contributed by atoms with Crippen molar-refractivity contribution in [1.29, 1.82) is 0 Å². The number of nitrogens with one attached hydrogen (secondary N) is 1. The van der Waals surface area contributed by atoms with Crippen LogP contribution in [0.1, 0.15) is 51.9 Å². The average molecular weight is 405 g/mol. The van der Waals surface area contributed by atoms with Crippen LogP contribution in [0, 0.1) is 11.8 Å². The standard InChI is InChI=1S/C22H32N2O5/c1-14-15(2)19(13-28-20(26)17-10-8-7-9-11-17)24(12-18(14)23-16(3)25)21(27)29-22(4,5)6/h7-11,14-15,18-19H,12-13H2,1-6H3,(H,23,25). The first-order valence-electron chi connectivity index (χ1n) is 9.98. The minimum Gasteiger partial charge on any atom is -0.460 e. The summed E-state index contributed by atoms with van der Waals surface area (Å²) in [5, 5.41) is 2.92. The fourth-order valence-electron chi connectivity index (χ4n) is 3.54. The SMILES string of the molecule is CC(=O)NC1CN(C(=O)OC(C)(C)C)C(COC(=O)c2ccccc2)C(C)C1C. The van der Waals surface area contributed by atoms with Gasteiger partial charge in [-0.2, -0.15) is 0 Å². The van der Waals surface area contributed by atoms with Gasteiger partial charge < -0.3 is 14.8 Å². The zero-order chi connectivity index (χ0) is 21.8. The van der Waals surface area contributed by atoms with Gasteiger partial charge in [0.2, 0.25) is 5.91 Å². The molecule has 4 unspecified atom stereocenters. The summed E-state index contributed by atoms with van der Waals surface area (Å²) in [5.74, 6) is -0.500. The van der Waals surface area contributed by atoms with Crippen molar-refractivity contribution in [2.75, 3.05) is 13.2 Å². The molecule has 29 heavy (non-hydrogen) atoms. The number of hydrogen-bond donors (Lipinski definition) is 1. The van der Waals surface area contributed by atoms with Gasteiger partial charge in [0.15, 0.2) is 0 Å². The highest BCUT2D eigenvalue weighted by molar-refractivity contribution is 5.89. The summed E-state index contributed by atoms with van der Waals surface area (Å²) in [5.41, 5.74) is -0.193. The van der Waals surface area contributed by atoms with Crippen LogP contribution in [-0.2, 0) is 14.3 Å². The molecule has 0 saturated carbocycles. The largest absolute Gasteiger partial charge is 0.460 e. The molecule has 0 aliphatic carbocycles. The Morgan fingerprint density at radius 3 is 2.28 bits per heavy atom. The Balaban J connectivity index is 2.19. The maximum atomic E-state index is 12.9.